The highest BCUT2D eigenvalue weighted by molar-refractivity contribution is 5.29. The van der Waals surface area contributed by atoms with Crippen molar-refractivity contribution < 1.29 is 27.4 Å². The third-order valence-electron chi connectivity index (χ3n) is 2.45. The van der Waals surface area contributed by atoms with Gasteiger partial charge in [-0.25, -0.2) is 4.39 Å². The van der Waals surface area contributed by atoms with E-state index in [2.05, 4.69) is 0 Å². The number of aliphatic hydroxyl groups is 1. The lowest BCUT2D eigenvalue weighted by atomic mass is 10.0. The van der Waals surface area contributed by atoms with Crippen molar-refractivity contribution in [3.05, 3.63) is 29.6 Å². The van der Waals surface area contributed by atoms with Crippen molar-refractivity contribution in [2.75, 3.05) is 7.11 Å². The zero-order valence-electron chi connectivity index (χ0n) is 9.80. The molecule has 0 saturated carbocycles. The maximum Gasteiger partial charge on any atom is 0.389 e. The van der Waals surface area contributed by atoms with E-state index in [1.807, 2.05) is 0 Å². The zero-order valence-corrected chi connectivity index (χ0v) is 9.80. The van der Waals surface area contributed by atoms with E-state index in [0.29, 0.717) is 5.56 Å². The molecule has 1 N–H and O–H groups in total. The summed E-state index contributed by atoms with van der Waals surface area (Å²) >= 11 is 0. The van der Waals surface area contributed by atoms with Crippen molar-refractivity contribution in [3.8, 4) is 5.75 Å². The molecule has 18 heavy (non-hydrogen) atoms. The smallest absolute Gasteiger partial charge is 0.389 e. The highest BCUT2D eigenvalue weighted by Gasteiger charge is 2.27. The number of alkyl halides is 3. The third-order valence-corrected chi connectivity index (χ3v) is 2.45. The Morgan fingerprint density at radius 2 is 2.00 bits per heavy atom. The molecule has 0 spiro atoms. The fourth-order valence-corrected chi connectivity index (χ4v) is 1.54. The number of hydrogen-bond donors (Lipinski definition) is 1. The summed E-state index contributed by atoms with van der Waals surface area (Å²) in [6.45, 7) is 0. The third kappa shape index (κ3) is 4.91. The predicted octanol–water partition coefficient (Wildman–Crippen LogP) is 3.08. The van der Waals surface area contributed by atoms with Crippen molar-refractivity contribution in [2.24, 2.45) is 0 Å². The van der Waals surface area contributed by atoms with Crippen molar-refractivity contribution in [3.63, 3.8) is 0 Å². The van der Waals surface area contributed by atoms with Crippen LogP contribution in [-0.2, 0) is 6.42 Å². The van der Waals surface area contributed by atoms with Crippen LogP contribution in [0.4, 0.5) is 17.6 Å². The molecule has 0 aliphatic carbocycles. The average Bonchev–Trinajstić information content (AvgIpc) is 2.26. The second kappa shape index (κ2) is 6.04. The summed E-state index contributed by atoms with van der Waals surface area (Å²) in [6.07, 6.45) is -6.88. The van der Waals surface area contributed by atoms with E-state index in [4.69, 9.17) is 4.74 Å². The van der Waals surface area contributed by atoms with E-state index in [1.165, 1.54) is 19.2 Å². The van der Waals surface area contributed by atoms with E-state index < -0.39 is 30.9 Å². The first-order chi connectivity index (χ1) is 8.31. The molecule has 0 aliphatic rings. The topological polar surface area (TPSA) is 29.5 Å². The summed E-state index contributed by atoms with van der Waals surface area (Å²) < 4.78 is 53.8. The molecule has 0 amide bonds. The quantitative estimate of drug-likeness (QED) is 0.830. The van der Waals surface area contributed by atoms with Crippen LogP contribution in [0.15, 0.2) is 18.2 Å². The monoisotopic (exact) mass is 266 g/mol. The number of methoxy groups -OCH3 is 1. The van der Waals surface area contributed by atoms with Gasteiger partial charge in [0.15, 0.2) is 11.6 Å². The summed E-state index contributed by atoms with van der Waals surface area (Å²) in [5.41, 5.74) is 0.433. The Hall–Kier alpha value is -1.30. The maximum atomic E-state index is 13.3. The molecule has 6 heteroatoms. The number of aliphatic hydroxyl groups excluding tert-OH is 1. The minimum atomic E-state index is -4.29. The van der Waals surface area contributed by atoms with Gasteiger partial charge < -0.3 is 9.84 Å². The first-order valence-corrected chi connectivity index (χ1v) is 5.39. The van der Waals surface area contributed by atoms with Crippen LogP contribution in [0.5, 0.6) is 5.75 Å². The lowest BCUT2D eigenvalue weighted by molar-refractivity contribution is -0.139. The Kier molecular flexibility index (Phi) is 4.95. The van der Waals surface area contributed by atoms with Gasteiger partial charge in [-0.2, -0.15) is 13.2 Å². The minimum absolute atomic E-state index is 0.0169. The van der Waals surface area contributed by atoms with Gasteiger partial charge in [0.1, 0.15) is 0 Å². The van der Waals surface area contributed by atoms with Crippen LogP contribution in [0.3, 0.4) is 0 Å². The largest absolute Gasteiger partial charge is 0.494 e. The summed E-state index contributed by atoms with van der Waals surface area (Å²) in [6, 6.07) is 4.04. The van der Waals surface area contributed by atoms with Crippen molar-refractivity contribution in [1.82, 2.24) is 0 Å². The standard InChI is InChI=1S/C12H14F4O2/c1-18-11-3-2-8(7-10(11)13)6-9(17)4-5-12(14,15)16/h2-3,7,9,17H,4-6H2,1H3. The van der Waals surface area contributed by atoms with E-state index in [0.717, 1.165) is 6.07 Å². The van der Waals surface area contributed by atoms with Gasteiger partial charge in [0, 0.05) is 6.42 Å². The number of ether oxygens (including phenoxy) is 1. The molecule has 1 aromatic rings. The second-order valence-corrected chi connectivity index (χ2v) is 3.98. The lowest BCUT2D eigenvalue weighted by Crippen LogP contribution is -2.16. The normalized spacial score (nSPS) is 13.4. The van der Waals surface area contributed by atoms with Crippen molar-refractivity contribution in [2.45, 2.75) is 31.5 Å². The number of halogens is 4. The molecule has 102 valence electrons. The predicted molar refractivity (Wildman–Crippen MR) is 58.0 cm³/mol. The van der Waals surface area contributed by atoms with Gasteiger partial charge in [0.05, 0.1) is 13.2 Å². The molecular formula is C12H14F4O2. The molecule has 0 saturated heterocycles. The van der Waals surface area contributed by atoms with Crippen molar-refractivity contribution >= 4 is 0 Å². The minimum Gasteiger partial charge on any atom is -0.494 e. The van der Waals surface area contributed by atoms with Crippen LogP contribution in [0.1, 0.15) is 18.4 Å². The fourth-order valence-electron chi connectivity index (χ4n) is 1.54. The Morgan fingerprint density at radius 1 is 1.33 bits per heavy atom. The number of rotatable bonds is 5. The van der Waals surface area contributed by atoms with Gasteiger partial charge in [0.2, 0.25) is 0 Å². The molecule has 1 aromatic carbocycles. The Balaban J connectivity index is 2.54. The molecule has 1 atom stereocenters. The van der Waals surface area contributed by atoms with Gasteiger partial charge in [0.25, 0.3) is 0 Å². The van der Waals surface area contributed by atoms with Crippen LogP contribution in [0, 0.1) is 5.82 Å². The van der Waals surface area contributed by atoms with Gasteiger partial charge in [-0.1, -0.05) is 6.07 Å². The number of benzene rings is 1. The molecule has 0 fully saturated rings. The van der Waals surface area contributed by atoms with Gasteiger partial charge >= 0.3 is 6.18 Å². The molecule has 1 rings (SSSR count). The fraction of sp³-hybridized carbons (Fsp3) is 0.500. The zero-order chi connectivity index (χ0) is 13.8. The molecule has 0 aromatic heterocycles. The molecule has 0 radical (unpaired) electrons. The van der Waals surface area contributed by atoms with E-state index >= 15 is 0 Å². The van der Waals surface area contributed by atoms with Crippen LogP contribution < -0.4 is 4.74 Å². The molecule has 1 unspecified atom stereocenters. The Bertz CT molecular complexity index is 390. The first kappa shape index (κ1) is 14.8. The molecule has 2 nitrogen and oxygen atoms in total. The Morgan fingerprint density at radius 3 is 2.50 bits per heavy atom. The summed E-state index contributed by atoms with van der Waals surface area (Å²) in [5, 5.41) is 9.43. The highest BCUT2D eigenvalue weighted by atomic mass is 19.4. The highest BCUT2D eigenvalue weighted by Crippen LogP contribution is 2.24. The first-order valence-electron chi connectivity index (χ1n) is 5.39. The maximum absolute atomic E-state index is 13.3. The molecule has 0 aliphatic heterocycles. The molecule has 0 bridgehead atoms. The average molecular weight is 266 g/mol. The molecule has 0 heterocycles. The van der Waals surface area contributed by atoms with Crippen LogP contribution in [-0.4, -0.2) is 24.5 Å². The SMILES string of the molecule is COc1ccc(CC(O)CCC(F)(F)F)cc1F. The van der Waals surface area contributed by atoms with Gasteiger partial charge in [-0.15, -0.1) is 0 Å². The van der Waals surface area contributed by atoms with Crippen LogP contribution in [0.25, 0.3) is 0 Å². The summed E-state index contributed by atoms with van der Waals surface area (Å²) in [4.78, 5) is 0. The summed E-state index contributed by atoms with van der Waals surface area (Å²) in [7, 11) is 1.32. The Labute approximate surface area is 102 Å². The second-order valence-electron chi connectivity index (χ2n) is 3.98. The van der Waals surface area contributed by atoms with Gasteiger partial charge in [-0.3, -0.25) is 0 Å². The molecular weight excluding hydrogens is 252 g/mol. The van der Waals surface area contributed by atoms with E-state index in [1.54, 1.807) is 0 Å². The summed E-state index contributed by atoms with van der Waals surface area (Å²) in [5.74, 6) is -0.540. The van der Waals surface area contributed by atoms with Crippen LogP contribution >= 0.6 is 0 Å². The van der Waals surface area contributed by atoms with E-state index in [-0.39, 0.29) is 12.2 Å². The van der Waals surface area contributed by atoms with E-state index in [9.17, 15) is 22.7 Å². The number of hydrogen-bond acceptors (Lipinski definition) is 2. The lowest BCUT2D eigenvalue weighted by Gasteiger charge is -2.12. The van der Waals surface area contributed by atoms with Gasteiger partial charge in [-0.05, 0) is 30.5 Å². The van der Waals surface area contributed by atoms with Crippen molar-refractivity contribution in [1.29, 1.82) is 0 Å². The van der Waals surface area contributed by atoms with Crippen LogP contribution in [0.2, 0.25) is 0 Å².